The lowest BCUT2D eigenvalue weighted by atomic mass is 9.83. The minimum Gasteiger partial charge on any atom is -0.480 e. The highest BCUT2D eigenvalue weighted by atomic mass is 16.4. The van der Waals surface area contributed by atoms with Crippen molar-refractivity contribution in [2.45, 2.75) is 50.6 Å². The van der Waals surface area contributed by atoms with Crippen LogP contribution in [0.5, 0.6) is 0 Å². The number of nitrogens with one attached hydrogen (secondary N) is 1. The van der Waals surface area contributed by atoms with Crippen molar-refractivity contribution < 1.29 is 9.90 Å². The van der Waals surface area contributed by atoms with Crippen LogP contribution in [-0.2, 0) is 4.79 Å². The van der Waals surface area contributed by atoms with Gasteiger partial charge in [-0.05, 0) is 32.1 Å². The summed E-state index contributed by atoms with van der Waals surface area (Å²) in [4.78, 5) is 11.0. The molecule has 1 heterocycles. The Balaban J connectivity index is 2.10. The van der Waals surface area contributed by atoms with E-state index >= 15 is 0 Å². The third-order valence-corrected chi connectivity index (χ3v) is 3.56. The van der Waals surface area contributed by atoms with Gasteiger partial charge in [-0.25, -0.2) is 0 Å². The smallest absolute Gasteiger partial charge is 0.323 e. The number of aliphatic carboxylic acids is 1. The van der Waals surface area contributed by atoms with E-state index in [4.69, 9.17) is 5.11 Å². The Kier molecular flexibility index (Phi) is 2.06. The third-order valence-electron chi connectivity index (χ3n) is 3.56. The van der Waals surface area contributed by atoms with Gasteiger partial charge in [-0.1, -0.05) is 12.8 Å². The van der Waals surface area contributed by atoms with Crippen molar-refractivity contribution in [2.24, 2.45) is 5.92 Å². The highest BCUT2D eigenvalue weighted by Gasteiger charge is 2.46. The molecule has 13 heavy (non-hydrogen) atoms. The van der Waals surface area contributed by atoms with Crippen molar-refractivity contribution in [3.05, 3.63) is 0 Å². The fourth-order valence-corrected chi connectivity index (χ4v) is 2.78. The Labute approximate surface area is 78.5 Å². The van der Waals surface area contributed by atoms with Crippen molar-refractivity contribution in [1.29, 1.82) is 0 Å². The minimum absolute atomic E-state index is 0.467. The van der Waals surface area contributed by atoms with Crippen LogP contribution in [0.15, 0.2) is 0 Å². The van der Waals surface area contributed by atoms with E-state index in [0.717, 1.165) is 12.8 Å². The van der Waals surface area contributed by atoms with E-state index < -0.39 is 11.5 Å². The van der Waals surface area contributed by atoms with E-state index in [-0.39, 0.29) is 0 Å². The highest BCUT2D eigenvalue weighted by molar-refractivity contribution is 5.78. The number of carbonyl (C=O) groups is 1. The van der Waals surface area contributed by atoms with Crippen molar-refractivity contribution in [1.82, 2.24) is 5.32 Å². The third kappa shape index (κ3) is 1.46. The fraction of sp³-hybridized carbons (Fsp3) is 0.900. The summed E-state index contributed by atoms with van der Waals surface area (Å²) in [5.41, 5.74) is -0.653. The molecule has 3 atom stereocenters. The number of rotatable bonds is 1. The number of carboxylic acids is 1. The second-order valence-corrected chi connectivity index (χ2v) is 4.64. The first-order chi connectivity index (χ1) is 6.12. The summed E-state index contributed by atoms with van der Waals surface area (Å²) in [6.45, 7) is 1.81. The lowest BCUT2D eigenvalue weighted by Crippen LogP contribution is -2.47. The molecule has 74 valence electrons. The van der Waals surface area contributed by atoms with Crippen molar-refractivity contribution in [2.75, 3.05) is 0 Å². The van der Waals surface area contributed by atoms with Crippen LogP contribution < -0.4 is 5.32 Å². The summed E-state index contributed by atoms with van der Waals surface area (Å²) < 4.78 is 0. The van der Waals surface area contributed by atoms with Crippen LogP contribution in [0.3, 0.4) is 0 Å². The molecule has 2 N–H and O–H groups in total. The first-order valence-corrected chi connectivity index (χ1v) is 5.13. The van der Waals surface area contributed by atoms with Gasteiger partial charge >= 0.3 is 5.97 Å². The molecule has 3 nitrogen and oxygen atoms in total. The maximum absolute atomic E-state index is 11.0. The first kappa shape index (κ1) is 9.00. The molecule has 0 radical (unpaired) electrons. The Hall–Kier alpha value is -0.570. The van der Waals surface area contributed by atoms with E-state index in [1.807, 2.05) is 6.92 Å². The predicted octanol–water partition coefficient (Wildman–Crippen LogP) is 1.38. The molecule has 1 aliphatic heterocycles. The second kappa shape index (κ2) is 2.98. The molecule has 1 saturated heterocycles. The molecule has 1 saturated carbocycles. The maximum Gasteiger partial charge on any atom is 0.323 e. The van der Waals surface area contributed by atoms with E-state index in [0.29, 0.717) is 12.0 Å². The maximum atomic E-state index is 11.0. The van der Waals surface area contributed by atoms with Crippen LogP contribution in [0.2, 0.25) is 0 Å². The second-order valence-electron chi connectivity index (χ2n) is 4.64. The number of hydrogen-bond donors (Lipinski definition) is 2. The number of carboxylic acid groups (broad SMARTS) is 1. The van der Waals surface area contributed by atoms with Crippen LogP contribution in [0, 0.1) is 5.92 Å². The van der Waals surface area contributed by atoms with Crippen LogP contribution in [0.1, 0.15) is 39.0 Å². The summed E-state index contributed by atoms with van der Waals surface area (Å²) in [7, 11) is 0. The quantitative estimate of drug-likeness (QED) is 0.645. The van der Waals surface area contributed by atoms with Crippen LogP contribution in [0.4, 0.5) is 0 Å². The topological polar surface area (TPSA) is 49.3 Å². The molecule has 3 heteroatoms. The largest absolute Gasteiger partial charge is 0.480 e. The van der Waals surface area contributed by atoms with Gasteiger partial charge < -0.3 is 5.11 Å². The molecule has 2 aliphatic rings. The first-order valence-electron chi connectivity index (χ1n) is 5.13. The molecule has 1 aliphatic carbocycles. The Morgan fingerprint density at radius 2 is 2.15 bits per heavy atom. The van der Waals surface area contributed by atoms with Gasteiger partial charge in [-0.2, -0.15) is 0 Å². The summed E-state index contributed by atoms with van der Waals surface area (Å²) in [6, 6.07) is 0.467. The van der Waals surface area contributed by atoms with Gasteiger partial charge in [-0.15, -0.1) is 0 Å². The SMILES string of the molecule is C[C@@]1(C(=O)O)C[C@@H]2CCCC[C@H]2N1. The molecule has 0 amide bonds. The lowest BCUT2D eigenvalue weighted by molar-refractivity contribution is -0.143. The normalized spacial score (nSPS) is 44.4. The highest BCUT2D eigenvalue weighted by Crippen LogP contribution is 2.37. The van der Waals surface area contributed by atoms with Crippen LogP contribution in [0.25, 0.3) is 0 Å². The van der Waals surface area contributed by atoms with Gasteiger partial charge in [0.1, 0.15) is 5.54 Å². The van der Waals surface area contributed by atoms with Crippen LogP contribution in [-0.4, -0.2) is 22.7 Å². The van der Waals surface area contributed by atoms with Gasteiger partial charge in [0.15, 0.2) is 0 Å². The predicted molar refractivity (Wildman–Crippen MR) is 49.5 cm³/mol. The molecule has 0 aromatic heterocycles. The van der Waals surface area contributed by atoms with E-state index in [2.05, 4.69) is 5.32 Å². The molecule has 0 spiro atoms. The van der Waals surface area contributed by atoms with Crippen LogP contribution >= 0.6 is 0 Å². The molecule has 0 aromatic carbocycles. The van der Waals surface area contributed by atoms with Gasteiger partial charge in [0.05, 0.1) is 0 Å². The minimum atomic E-state index is -0.693. The van der Waals surface area contributed by atoms with Gasteiger partial charge in [-0.3, -0.25) is 10.1 Å². The molecular formula is C10H17NO2. The molecule has 0 bridgehead atoms. The summed E-state index contributed by atoms with van der Waals surface area (Å²) in [5.74, 6) is -0.0863. The van der Waals surface area contributed by atoms with Crippen molar-refractivity contribution >= 4 is 5.97 Å². The van der Waals surface area contributed by atoms with E-state index in [1.165, 1.54) is 19.3 Å². The average molecular weight is 183 g/mol. The zero-order valence-corrected chi connectivity index (χ0v) is 8.05. The van der Waals surface area contributed by atoms with E-state index in [1.54, 1.807) is 0 Å². The summed E-state index contributed by atoms with van der Waals surface area (Å²) in [5, 5.41) is 12.3. The van der Waals surface area contributed by atoms with Crippen molar-refractivity contribution in [3.63, 3.8) is 0 Å². The van der Waals surface area contributed by atoms with Crippen molar-refractivity contribution in [3.8, 4) is 0 Å². The Morgan fingerprint density at radius 1 is 1.46 bits per heavy atom. The molecule has 0 aromatic rings. The van der Waals surface area contributed by atoms with Gasteiger partial charge in [0.2, 0.25) is 0 Å². The monoisotopic (exact) mass is 183 g/mol. The van der Waals surface area contributed by atoms with Gasteiger partial charge in [0, 0.05) is 6.04 Å². The summed E-state index contributed by atoms with van der Waals surface area (Å²) >= 11 is 0. The lowest BCUT2D eigenvalue weighted by Gasteiger charge is -2.24. The number of fused-ring (bicyclic) bond motifs is 1. The molecular weight excluding hydrogens is 166 g/mol. The molecule has 2 fully saturated rings. The zero-order valence-electron chi connectivity index (χ0n) is 8.05. The fourth-order valence-electron chi connectivity index (χ4n) is 2.78. The Morgan fingerprint density at radius 3 is 2.77 bits per heavy atom. The van der Waals surface area contributed by atoms with Gasteiger partial charge in [0.25, 0.3) is 0 Å². The Bertz CT molecular complexity index is 213. The number of hydrogen-bond acceptors (Lipinski definition) is 2. The molecule has 0 unspecified atom stereocenters. The summed E-state index contributed by atoms with van der Waals surface area (Å²) in [6.07, 6.45) is 5.71. The molecule has 2 rings (SSSR count). The zero-order chi connectivity index (χ0) is 9.47. The standard InChI is InChI=1S/C10H17NO2/c1-10(9(12)13)6-7-4-2-3-5-8(7)11-10/h7-8,11H,2-6H2,1H3,(H,12,13)/t7-,8+,10-/m0/s1. The average Bonchev–Trinajstić information content (AvgIpc) is 2.42. The van der Waals surface area contributed by atoms with E-state index in [9.17, 15) is 4.79 Å².